The van der Waals surface area contributed by atoms with E-state index in [1.54, 1.807) is 7.11 Å². The molecule has 2 fully saturated rings. The van der Waals surface area contributed by atoms with E-state index in [0.717, 1.165) is 39.0 Å². The van der Waals surface area contributed by atoms with Crippen LogP contribution in [0.25, 0.3) is 0 Å². The molecule has 20 heavy (non-hydrogen) atoms. The van der Waals surface area contributed by atoms with Crippen molar-refractivity contribution in [3.05, 3.63) is 0 Å². The van der Waals surface area contributed by atoms with E-state index in [-0.39, 0.29) is 5.97 Å². The summed E-state index contributed by atoms with van der Waals surface area (Å²) in [5.41, 5.74) is -0.457. The summed E-state index contributed by atoms with van der Waals surface area (Å²) in [4.78, 5) is 14.7. The largest absolute Gasteiger partial charge is 0.468 e. The Hall–Kier alpha value is -0.650. The minimum Gasteiger partial charge on any atom is -0.468 e. The van der Waals surface area contributed by atoms with E-state index in [2.05, 4.69) is 17.1 Å². The molecular formula is C15H28N2O3. The Kier molecular flexibility index (Phi) is 5.41. The third kappa shape index (κ3) is 3.51. The molecule has 0 aromatic rings. The quantitative estimate of drug-likeness (QED) is 0.678. The highest BCUT2D eigenvalue weighted by atomic mass is 16.5. The molecule has 0 aromatic carbocycles. The van der Waals surface area contributed by atoms with Crippen molar-refractivity contribution in [2.75, 3.05) is 33.9 Å². The van der Waals surface area contributed by atoms with E-state index in [1.807, 2.05) is 0 Å². The van der Waals surface area contributed by atoms with Gasteiger partial charge in [-0.05, 0) is 38.6 Å². The molecule has 0 aromatic heterocycles. The molecule has 2 aliphatic rings. The van der Waals surface area contributed by atoms with Gasteiger partial charge in [0.15, 0.2) is 0 Å². The van der Waals surface area contributed by atoms with Gasteiger partial charge in [0.25, 0.3) is 0 Å². The lowest BCUT2D eigenvalue weighted by Gasteiger charge is -2.31. The lowest BCUT2D eigenvalue weighted by molar-refractivity contribution is -0.148. The molecule has 0 spiro atoms. The number of ether oxygens (including phenoxy) is 2. The number of nitrogens with zero attached hydrogens (tertiary/aromatic N) is 1. The Morgan fingerprint density at radius 1 is 1.35 bits per heavy atom. The van der Waals surface area contributed by atoms with Crippen molar-refractivity contribution in [2.24, 2.45) is 0 Å². The summed E-state index contributed by atoms with van der Waals surface area (Å²) in [7, 11) is 3.23. The third-order valence-corrected chi connectivity index (χ3v) is 4.63. The van der Waals surface area contributed by atoms with E-state index in [0.29, 0.717) is 12.1 Å². The number of rotatable bonds is 8. The molecule has 2 unspecified atom stereocenters. The summed E-state index contributed by atoms with van der Waals surface area (Å²) in [6, 6.07) is 0.961. The van der Waals surface area contributed by atoms with Gasteiger partial charge in [-0.1, -0.05) is 6.92 Å². The number of likely N-dealkylation sites (N-methyl/N-ethyl adjacent to an activating group) is 1. The van der Waals surface area contributed by atoms with Gasteiger partial charge in [-0.15, -0.1) is 0 Å². The average Bonchev–Trinajstić information content (AvgIpc) is 3.17. The maximum absolute atomic E-state index is 12.2. The summed E-state index contributed by atoms with van der Waals surface area (Å²) in [5, 5.41) is 3.55. The Labute approximate surface area is 122 Å². The molecule has 0 amide bonds. The fourth-order valence-corrected chi connectivity index (χ4v) is 3.33. The number of hydrogen-bond donors (Lipinski definition) is 1. The fourth-order valence-electron chi connectivity index (χ4n) is 3.33. The number of nitrogens with one attached hydrogen (secondary N) is 1. The maximum Gasteiger partial charge on any atom is 0.326 e. The van der Waals surface area contributed by atoms with Crippen LogP contribution in [-0.4, -0.2) is 62.4 Å². The first-order valence-electron chi connectivity index (χ1n) is 7.74. The average molecular weight is 284 g/mol. The zero-order valence-electron chi connectivity index (χ0n) is 13.0. The molecule has 2 rings (SSSR count). The number of esters is 1. The lowest BCUT2D eigenvalue weighted by atomic mass is 9.97. The standard InChI is InChI=1S/C15H28N2O3/c1-4-17(9-10-19-2)13-7-8-15(11-13,14(18)20-3)16-12-5-6-12/h12-13,16H,4-11H2,1-3H3. The monoisotopic (exact) mass is 284 g/mol. The molecular weight excluding hydrogens is 256 g/mol. The van der Waals surface area contributed by atoms with Crippen molar-refractivity contribution >= 4 is 5.97 Å². The number of carbonyl (C=O) groups excluding carboxylic acids is 1. The molecule has 0 saturated heterocycles. The lowest BCUT2D eigenvalue weighted by Crippen LogP contribution is -2.53. The van der Waals surface area contributed by atoms with Crippen LogP contribution in [0.1, 0.15) is 39.0 Å². The highest BCUT2D eigenvalue weighted by Crippen LogP contribution is 2.37. The van der Waals surface area contributed by atoms with Gasteiger partial charge in [-0.2, -0.15) is 0 Å². The van der Waals surface area contributed by atoms with E-state index in [1.165, 1.54) is 20.0 Å². The maximum atomic E-state index is 12.2. The van der Waals surface area contributed by atoms with Crippen LogP contribution in [0.4, 0.5) is 0 Å². The van der Waals surface area contributed by atoms with Crippen LogP contribution >= 0.6 is 0 Å². The van der Waals surface area contributed by atoms with Crippen LogP contribution in [-0.2, 0) is 14.3 Å². The van der Waals surface area contributed by atoms with Gasteiger partial charge in [0, 0.05) is 25.7 Å². The van der Waals surface area contributed by atoms with Gasteiger partial charge in [-0.25, -0.2) is 0 Å². The summed E-state index contributed by atoms with van der Waals surface area (Å²) < 4.78 is 10.2. The van der Waals surface area contributed by atoms with Crippen molar-refractivity contribution in [3.63, 3.8) is 0 Å². The minimum atomic E-state index is -0.457. The second-order valence-electron chi connectivity index (χ2n) is 6.01. The molecule has 5 heteroatoms. The highest BCUT2D eigenvalue weighted by Gasteiger charge is 2.49. The van der Waals surface area contributed by atoms with Crippen molar-refractivity contribution in [1.82, 2.24) is 10.2 Å². The summed E-state index contributed by atoms with van der Waals surface area (Å²) in [6.45, 7) is 4.83. The summed E-state index contributed by atoms with van der Waals surface area (Å²) in [6.07, 6.45) is 5.15. The van der Waals surface area contributed by atoms with E-state index in [4.69, 9.17) is 9.47 Å². The van der Waals surface area contributed by atoms with Crippen LogP contribution in [0.3, 0.4) is 0 Å². The van der Waals surface area contributed by atoms with Crippen LogP contribution in [0.15, 0.2) is 0 Å². The summed E-state index contributed by atoms with van der Waals surface area (Å²) >= 11 is 0. The van der Waals surface area contributed by atoms with Crippen molar-refractivity contribution in [3.8, 4) is 0 Å². The van der Waals surface area contributed by atoms with Crippen LogP contribution < -0.4 is 5.32 Å². The Bertz CT molecular complexity index is 333. The van der Waals surface area contributed by atoms with E-state index >= 15 is 0 Å². The van der Waals surface area contributed by atoms with E-state index < -0.39 is 5.54 Å². The smallest absolute Gasteiger partial charge is 0.326 e. The number of carbonyl (C=O) groups is 1. The van der Waals surface area contributed by atoms with Gasteiger partial charge >= 0.3 is 5.97 Å². The zero-order chi connectivity index (χ0) is 14.6. The predicted octanol–water partition coefficient (Wildman–Crippen LogP) is 1.17. The molecule has 0 heterocycles. The first-order valence-corrected chi connectivity index (χ1v) is 7.74. The van der Waals surface area contributed by atoms with Crippen molar-refractivity contribution in [1.29, 1.82) is 0 Å². The molecule has 1 N–H and O–H groups in total. The SMILES string of the molecule is CCN(CCOC)C1CCC(NC2CC2)(C(=O)OC)C1. The van der Waals surface area contributed by atoms with Gasteiger partial charge < -0.3 is 9.47 Å². The van der Waals surface area contributed by atoms with Crippen LogP contribution in [0.2, 0.25) is 0 Å². The molecule has 0 radical (unpaired) electrons. The molecule has 2 saturated carbocycles. The van der Waals surface area contributed by atoms with Crippen LogP contribution in [0.5, 0.6) is 0 Å². The third-order valence-electron chi connectivity index (χ3n) is 4.63. The topological polar surface area (TPSA) is 50.8 Å². The van der Waals surface area contributed by atoms with Crippen molar-refractivity contribution < 1.29 is 14.3 Å². The first-order chi connectivity index (χ1) is 9.65. The minimum absolute atomic E-state index is 0.0882. The molecule has 0 aliphatic heterocycles. The zero-order valence-corrected chi connectivity index (χ0v) is 13.0. The van der Waals surface area contributed by atoms with Gasteiger partial charge in [-0.3, -0.25) is 15.0 Å². The molecule has 2 atom stereocenters. The Morgan fingerprint density at radius 3 is 2.65 bits per heavy atom. The molecule has 0 bridgehead atoms. The first kappa shape index (κ1) is 15.7. The molecule has 5 nitrogen and oxygen atoms in total. The predicted molar refractivity (Wildman–Crippen MR) is 77.7 cm³/mol. The Balaban J connectivity index is 1.99. The molecule has 2 aliphatic carbocycles. The van der Waals surface area contributed by atoms with Gasteiger partial charge in [0.1, 0.15) is 5.54 Å². The van der Waals surface area contributed by atoms with Crippen LogP contribution in [0, 0.1) is 0 Å². The molecule has 116 valence electrons. The Morgan fingerprint density at radius 2 is 2.10 bits per heavy atom. The van der Waals surface area contributed by atoms with Gasteiger partial charge in [0.2, 0.25) is 0 Å². The fraction of sp³-hybridized carbons (Fsp3) is 0.933. The second kappa shape index (κ2) is 6.87. The normalized spacial score (nSPS) is 29.9. The second-order valence-corrected chi connectivity index (χ2v) is 6.01. The van der Waals surface area contributed by atoms with Gasteiger partial charge in [0.05, 0.1) is 13.7 Å². The van der Waals surface area contributed by atoms with E-state index in [9.17, 15) is 4.79 Å². The number of methoxy groups -OCH3 is 2. The van der Waals surface area contributed by atoms with Crippen molar-refractivity contribution in [2.45, 2.75) is 56.7 Å². The number of hydrogen-bond acceptors (Lipinski definition) is 5. The highest BCUT2D eigenvalue weighted by molar-refractivity contribution is 5.81. The summed E-state index contributed by atoms with van der Waals surface area (Å²) in [5.74, 6) is -0.0882.